The van der Waals surface area contributed by atoms with E-state index in [9.17, 15) is 33.9 Å². The molecule has 12 heteroatoms. The normalized spacial score (nSPS) is 11.3. The second kappa shape index (κ2) is 22.4. The molecule has 0 saturated carbocycles. The van der Waals surface area contributed by atoms with Gasteiger partial charge in [0.25, 0.3) is 0 Å². The molecule has 42 heavy (non-hydrogen) atoms. The van der Waals surface area contributed by atoms with Crippen LogP contribution >= 0.6 is 0 Å². The summed E-state index contributed by atoms with van der Waals surface area (Å²) in [6, 6.07) is 0. The quantitative estimate of drug-likeness (QED) is 0.0864. The van der Waals surface area contributed by atoms with Gasteiger partial charge in [-0.2, -0.15) is 0 Å². The van der Waals surface area contributed by atoms with Crippen LogP contribution in [-0.2, 0) is 28.8 Å². The fraction of sp³-hybridized carbons (Fsp3) is 0.800. The molecule has 0 aromatic heterocycles. The maximum Gasteiger partial charge on any atom is 0.310 e. The van der Waals surface area contributed by atoms with Gasteiger partial charge in [-0.25, -0.2) is 0 Å². The summed E-state index contributed by atoms with van der Waals surface area (Å²) in [6.45, 7) is 7.98. The molecular weight excluding hydrogens is 544 g/mol. The molecule has 242 valence electrons. The van der Waals surface area contributed by atoms with Gasteiger partial charge in [0.05, 0.1) is 24.9 Å². The third-order valence-electron chi connectivity index (χ3n) is 7.62. The first-order valence-corrected chi connectivity index (χ1v) is 15.3. The molecule has 0 bridgehead atoms. The van der Waals surface area contributed by atoms with Gasteiger partial charge in [-0.05, 0) is 24.7 Å². The smallest absolute Gasteiger partial charge is 0.310 e. The summed E-state index contributed by atoms with van der Waals surface area (Å²) in [7, 11) is 0. The van der Waals surface area contributed by atoms with Gasteiger partial charge in [0.1, 0.15) is 0 Å². The lowest BCUT2D eigenvalue weighted by Gasteiger charge is -2.36. The highest BCUT2D eigenvalue weighted by Gasteiger charge is 2.46. The molecule has 0 aliphatic rings. The fourth-order valence-corrected chi connectivity index (χ4v) is 4.88. The van der Waals surface area contributed by atoms with Crippen LogP contribution in [0.4, 0.5) is 0 Å². The van der Waals surface area contributed by atoms with Crippen LogP contribution < -0.4 is 21.3 Å². The van der Waals surface area contributed by atoms with Gasteiger partial charge in [-0.1, -0.05) is 79.1 Å². The highest BCUT2D eigenvalue weighted by atomic mass is 16.4. The molecule has 0 aromatic rings. The van der Waals surface area contributed by atoms with Crippen molar-refractivity contribution in [2.24, 2.45) is 17.3 Å². The number of hydrogen-bond donors (Lipinski definition) is 6. The van der Waals surface area contributed by atoms with Crippen LogP contribution in [-0.4, -0.2) is 72.0 Å². The minimum atomic E-state index is -1.17. The number of carboxylic acid groups (broad SMARTS) is 2. The molecule has 6 N–H and O–H groups in total. The molecular formula is C30H54N4O8. The summed E-state index contributed by atoms with van der Waals surface area (Å²) in [5.74, 6) is -3.94. The van der Waals surface area contributed by atoms with Crippen LogP contribution in [0.1, 0.15) is 111 Å². The molecule has 0 rings (SSSR count). The third kappa shape index (κ3) is 17.6. The van der Waals surface area contributed by atoms with Gasteiger partial charge in [-0.3, -0.25) is 28.8 Å². The van der Waals surface area contributed by atoms with Gasteiger partial charge in [0.2, 0.25) is 23.6 Å². The van der Waals surface area contributed by atoms with Crippen LogP contribution in [0.2, 0.25) is 0 Å². The van der Waals surface area contributed by atoms with Crippen molar-refractivity contribution in [3.63, 3.8) is 0 Å². The van der Waals surface area contributed by atoms with Crippen LogP contribution in [0.3, 0.4) is 0 Å². The third-order valence-corrected chi connectivity index (χ3v) is 7.62. The number of nitrogens with one attached hydrogen (secondary N) is 4. The van der Waals surface area contributed by atoms with Gasteiger partial charge < -0.3 is 31.5 Å². The van der Waals surface area contributed by atoms with E-state index in [1.165, 1.54) is 0 Å². The molecule has 0 aliphatic carbocycles. The van der Waals surface area contributed by atoms with E-state index in [1.54, 1.807) is 27.7 Å². The van der Waals surface area contributed by atoms with Gasteiger partial charge >= 0.3 is 11.9 Å². The maximum atomic E-state index is 12.4. The van der Waals surface area contributed by atoms with Crippen LogP contribution in [0.15, 0.2) is 0 Å². The molecule has 0 unspecified atom stereocenters. The minimum Gasteiger partial charge on any atom is -0.481 e. The van der Waals surface area contributed by atoms with Crippen LogP contribution in [0.5, 0.6) is 0 Å². The number of aliphatic carboxylic acids is 2. The molecule has 0 saturated heterocycles. The second-order valence-corrected chi connectivity index (χ2v) is 11.5. The Balaban J connectivity index is 3.69. The zero-order valence-corrected chi connectivity index (χ0v) is 26.0. The molecule has 0 heterocycles. The lowest BCUT2D eigenvalue weighted by atomic mass is 9.66. The average molecular weight is 599 g/mol. The Morgan fingerprint density at radius 1 is 0.524 bits per heavy atom. The Morgan fingerprint density at radius 3 is 1.26 bits per heavy atom. The molecule has 0 aromatic carbocycles. The van der Waals surface area contributed by atoms with Crippen molar-refractivity contribution in [1.82, 2.24) is 21.3 Å². The Kier molecular flexibility index (Phi) is 20.7. The standard InChI is InChI=1S/C30H54N4O8/c1-22(2)30(23(3)4,29(41)42)19-25(36)34-21-27(38)32-18-14-12-10-8-6-5-7-9-11-13-17-31-26(37)20-33-24(35)15-16-28(39)40/h22-23H,5-21H2,1-4H3,(H,31,37)(H,32,38)(H,33,35)(H,34,36)(H,39,40)(H,41,42). The van der Waals surface area contributed by atoms with Crippen LogP contribution in [0.25, 0.3) is 0 Å². The number of carboxylic acids is 2. The summed E-state index contributed by atoms with van der Waals surface area (Å²) < 4.78 is 0. The first-order valence-electron chi connectivity index (χ1n) is 15.3. The van der Waals surface area contributed by atoms with E-state index >= 15 is 0 Å². The van der Waals surface area contributed by atoms with E-state index in [0.29, 0.717) is 13.1 Å². The van der Waals surface area contributed by atoms with Crippen molar-refractivity contribution < 1.29 is 39.0 Å². The molecule has 0 aliphatic heterocycles. The zero-order valence-electron chi connectivity index (χ0n) is 26.0. The lowest BCUT2D eigenvalue weighted by Crippen LogP contribution is -2.46. The summed E-state index contributed by atoms with van der Waals surface area (Å²) in [4.78, 5) is 69.8. The van der Waals surface area contributed by atoms with Crippen molar-refractivity contribution in [3.05, 3.63) is 0 Å². The number of unbranched alkanes of at least 4 members (excludes halogenated alkanes) is 9. The predicted octanol–water partition coefficient (Wildman–Crippen LogP) is 2.99. The van der Waals surface area contributed by atoms with E-state index in [2.05, 4.69) is 21.3 Å². The topological polar surface area (TPSA) is 191 Å². The van der Waals surface area contributed by atoms with Crippen molar-refractivity contribution >= 4 is 35.6 Å². The maximum absolute atomic E-state index is 12.4. The zero-order chi connectivity index (χ0) is 32.0. The second-order valence-electron chi connectivity index (χ2n) is 11.5. The Hall–Kier alpha value is -3.18. The van der Waals surface area contributed by atoms with Crippen molar-refractivity contribution in [2.45, 2.75) is 111 Å². The van der Waals surface area contributed by atoms with E-state index in [-0.39, 0.29) is 56.0 Å². The fourth-order valence-electron chi connectivity index (χ4n) is 4.88. The first kappa shape index (κ1) is 38.8. The van der Waals surface area contributed by atoms with Gasteiger partial charge in [-0.15, -0.1) is 0 Å². The predicted molar refractivity (Wildman–Crippen MR) is 159 cm³/mol. The number of hydrogen-bond acceptors (Lipinski definition) is 6. The number of carbonyl (C=O) groups excluding carboxylic acids is 4. The molecule has 0 fully saturated rings. The SMILES string of the molecule is CC(C)C(CC(=O)NCC(=O)NCCCCCCCCCCCCNC(=O)CNC(=O)CCC(=O)O)(C(=O)O)C(C)C. The van der Waals surface area contributed by atoms with E-state index in [1.807, 2.05) is 0 Å². The molecule has 0 radical (unpaired) electrons. The average Bonchev–Trinajstić information content (AvgIpc) is 2.91. The molecule has 0 atom stereocenters. The minimum absolute atomic E-state index is 0.138. The van der Waals surface area contributed by atoms with E-state index in [0.717, 1.165) is 64.2 Å². The molecule has 4 amide bonds. The Morgan fingerprint density at radius 2 is 0.905 bits per heavy atom. The van der Waals surface area contributed by atoms with Gasteiger partial charge in [0.15, 0.2) is 0 Å². The first-order chi connectivity index (χ1) is 19.8. The summed E-state index contributed by atoms with van der Waals surface area (Å²) >= 11 is 0. The highest BCUT2D eigenvalue weighted by molar-refractivity contribution is 5.88. The number of amides is 4. The monoisotopic (exact) mass is 598 g/mol. The van der Waals surface area contributed by atoms with Crippen molar-refractivity contribution in [2.75, 3.05) is 26.2 Å². The van der Waals surface area contributed by atoms with Crippen molar-refractivity contribution in [1.29, 1.82) is 0 Å². The summed E-state index contributed by atoms with van der Waals surface area (Å²) in [5, 5.41) is 28.8. The highest BCUT2D eigenvalue weighted by Crippen LogP contribution is 2.39. The number of rotatable bonds is 25. The largest absolute Gasteiger partial charge is 0.481 e. The number of carbonyl (C=O) groups is 6. The Labute approximate surface area is 250 Å². The van der Waals surface area contributed by atoms with Crippen LogP contribution in [0, 0.1) is 17.3 Å². The van der Waals surface area contributed by atoms with Crippen molar-refractivity contribution in [3.8, 4) is 0 Å². The van der Waals surface area contributed by atoms with E-state index < -0.39 is 29.2 Å². The molecule has 12 nitrogen and oxygen atoms in total. The van der Waals surface area contributed by atoms with Gasteiger partial charge in [0, 0.05) is 25.9 Å². The summed E-state index contributed by atoms with van der Waals surface area (Å²) in [6.07, 6.45) is 9.96. The Bertz CT molecular complexity index is 852. The molecule has 0 spiro atoms. The summed E-state index contributed by atoms with van der Waals surface area (Å²) in [5.41, 5.74) is -1.17. The van der Waals surface area contributed by atoms with E-state index in [4.69, 9.17) is 5.11 Å². The lowest BCUT2D eigenvalue weighted by molar-refractivity contribution is -0.159.